The van der Waals surface area contributed by atoms with E-state index in [9.17, 15) is 0 Å². The summed E-state index contributed by atoms with van der Waals surface area (Å²) in [5.74, 6) is 0. The first-order chi connectivity index (χ1) is 17.3. The Hall–Kier alpha value is -0.280. The van der Waals surface area contributed by atoms with Crippen molar-refractivity contribution < 1.29 is 1.43 Å². The molecule has 0 spiro atoms. The van der Waals surface area contributed by atoms with Crippen LogP contribution >= 0.6 is 108 Å². The summed E-state index contributed by atoms with van der Waals surface area (Å²) >= 11 is 22.7. The fraction of sp³-hybridized carbons (Fsp3) is 0.600. The van der Waals surface area contributed by atoms with E-state index in [0.29, 0.717) is 0 Å². The second kappa shape index (κ2) is 29.4. The molecule has 42 heavy (non-hydrogen) atoms. The van der Waals surface area contributed by atoms with Crippen LogP contribution in [0.1, 0.15) is 53.9 Å². The van der Waals surface area contributed by atoms with E-state index in [1.807, 2.05) is 27.9 Å². The van der Waals surface area contributed by atoms with E-state index >= 15 is 0 Å². The Kier molecular flexibility index (Phi) is 38.0. The molecule has 0 fully saturated rings. The van der Waals surface area contributed by atoms with Crippen molar-refractivity contribution in [1.82, 2.24) is 60.0 Å². The molecule has 4 radical (unpaired) electrons. The molecule has 4 aromatic heterocycles. The van der Waals surface area contributed by atoms with E-state index in [1.165, 1.54) is 9.59 Å². The first-order valence-corrected chi connectivity index (χ1v) is 15.4. The van der Waals surface area contributed by atoms with Crippen LogP contribution < -0.4 is 0 Å². The average molecular weight is 998 g/mol. The van der Waals surface area contributed by atoms with Crippen LogP contribution in [0.4, 0.5) is 0 Å². The van der Waals surface area contributed by atoms with Crippen LogP contribution in [0.25, 0.3) is 0 Å². The SMILES string of the molecule is C.C.C.C.Cc1c(Br)nnn1C.Cc1nn(C)nc1Br.Cn1nc(Br)c(CBr)n1.Cn1nnc(Br)c1CBr.[2HH].[B].[B]=NS. The number of aromatic nitrogens is 12. The minimum absolute atomic E-state index is 0. The Bertz CT molecular complexity index is 1180. The fourth-order valence-electron chi connectivity index (χ4n) is 1.86. The van der Waals surface area contributed by atoms with Gasteiger partial charge in [-0.05, 0) is 77.6 Å². The zero-order valence-electron chi connectivity index (χ0n) is 21.1. The minimum atomic E-state index is 0. The maximum atomic E-state index is 4.34. The summed E-state index contributed by atoms with van der Waals surface area (Å²) in [6.07, 6.45) is 0. The van der Waals surface area contributed by atoms with E-state index in [2.05, 4.69) is 161 Å². The molecule has 0 aliphatic rings. The molecule has 0 aromatic carbocycles. The van der Waals surface area contributed by atoms with Gasteiger partial charge in [-0.15, -0.1) is 20.4 Å². The molecule has 0 aliphatic carbocycles. The summed E-state index contributed by atoms with van der Waals surface area (Å²) in [7, 11) is 11.6. The molecule has 0 N–H and O–H groups in total. The fourth-order valence-corrected chi connectivity index (χ4v) is 5.17. The molecule has 13 nitrogen and oxygen atoms in total. The van der Waals surface area contributed by atoms with Gasteiger partial charge in [0, 0.05) is 43.4 Å². The van der Waals surface area contributed by atoms with Crippen molar-refractivity contribution in [1.29, 1.82) is 0 Å². The third-order valence-electron chi connectivity index (χ3n) is 3.76. The van der Waals surface area contributed by atoms with Gasteiger partial charge in [-0.3, -0.25) is 9.36 Å². The molecule has 22 heteroatoms. The van der Waals surface area contributed by atoms with E-state index < -0.39 is 0 Å². The van der Waals surface area contributed by atoms with E-state index in [-0.39, 0.29) is 39.5 Å². The summed E-state index contributed by atoms with van der Waals surface area (Å²) in [5, 5.41) is 32.5. The average Bonchev–Trinajstić information content (AvgIpc) is 3.53. The number of hydrogen-bond acceptors (Lipinski definition) is 10. The molecule has 0 bridgehead atoms. The van der Waals surface area contributed by atoms with Gasteiger partial charge in [-0.1, -0.05) is 72.0 Å². The summed E-state index contributed by atoms with van der Waals surface area (Å²) in [4.78, 5) is 3.06. The Morgan fingerprint density at radius 2 is 1.14 bits per heavy atom. The second-order valence-corrected chi connectivity index (χ2v) is 10.8. The van der Waals surface area contributed by atoms with Crippen LogP contribution in [0.15, 0.2) is 22.7 Å². The molecule has 4 rings (SSSR count). The molecule has 0 saturated carbocycles. The number of alkyl halides is 2. The molecular formula is C20H41B2Br6N13S. The third-order valence-corrected chi connectivity index (χ3v) is 7.52. The van der Waals surface area contributed by atoms with Crippen LogP contribution in [0.2, 0.25) is 0 Å². The van der Waals surface area contributed by atoms with Gasteiger partial charge in [0.15, 0.2) is 18.4 Å². The van der Waals surface area contributed by atoms with Crippen molar-refractivity contribution in [2.45, 2.75) is 54.2 Å². The van der Waals surface area contributed by atoms with Crippen molar-refractivity contribution >= 4 is 124 Å². The molecule has 0 aliphatic heterocycles. The monoisotopic (exact) mass is 992 g/mol. The van der Waals surface area contributed by atoms with Crippen LogP contribution in [0.3, 0.4) is 0 Å². The molecule has 0 saturated heterocycles. The number of hydrogen-bond donors (Lipinski definition) is 1. The Morgan fingerprint density at radius 1 is 0.714 bits per heavy atom. The Balaban J connectivity index is -0.0000000746. The molecule has 0 atom stereocenters. The van der Waals surface area contributed by atoms with Crippen molar-refractivity contribution in [3.8, 4) is 0 Å². The summed E-state index contributed by atoms with van der Waals surface area (Å²) in [6, 6.07) is 0. The quantitative estimate of drug-likeness (QED) is 0.126. The number of aryl methyl sites for hydroxylation is 5. The maximum absolute atomic E-state index is 4.34. The second-order valence-electron chi connectivity index (χ2n) is 6.42. The van der Waals surface area contributed by atoms with E-state index in [0.717, 1.165) is 51.8 Å². The van der Waals surface area contributed by atoms with Gasteiger partial charge in [0.1, 0.15) is 5.69 Å². The molecule has 4 heterocycles. The van der Waals surface area contributed by atoms with Crippen molar-refractivity contribution in [2.24, 2.45) is 32.5 Å². The zero-order chi connectivity index (χ0) is 28.7. The normalized spacial score (nSPS) is 8.38. The molecule has 0 amide bonds. The van der Waals surface area contributed by atoms with Gasteiger partial charge < -0.3 is 0 Å². The number of thiol groups is 1. The first-order valence-electron chi connectivity index (χ1n) is 9.63. The molecule has 240 valence electrons. The van der Waals surface area contributed by atoms with Crippen LogP contribution in [0.5, 0.6) is 0 Å². The zero-order valence-corrected chi connectivity index (χ0v) is 31.5. The van der Waals surface area contributed by atoms with Crippen molar-refractivity contribution in [3.05, 3.63) is 41.2 Å². The van der Waals surface area contributed by atoms with Crippen molar-refractivity contribution in [3.63, 3.8) is 0 Å². The number of nitrogens with zero attached hydrogens (tertiary/aromatic N) is 13. The van der Waals surface area contributed by atoms with Gasteiger partial charge >= 0.3 is 24.8 Å². The molecule has 4 aromatic rings. The van der Waals surface area contributed by atoms with Gasteiger partial charge in [0.2, 0.25) is 0 Å². The van der Waals surface area contributed by atoms with Gasteiger partial charge in [0.25, 0.3) is 0 Å². The summed E-state index contributed by atoms with van der Waals surface area (Å²) in [6.45, 7) is 3.85. The Labute approximate surface area is 311 Å². The molecule has 0 unspecified atom stereocenters. The van der Waals surface area contributed by atoms with Crippen LogP contribution in [0, 0.1) is 13.8 Å². The van der Waals surface area contributed by atoms with Crippen LogP contribution in [-0.2, 0) is 38.9 Å². The van der Waals surface area contributed by atoms with Gasteiger partial charge in [-0.2, -0.15) is 19.8 Å². The van der Waals surface area contributed by atoms with Crippen molar-refractivity contribution in [2.75, 3.05) is 0 Å². The predicted molar refractivity (Wildman–Crippen MR) is 202 cm³/mol. The first kappa shape index (κ1) is 54.2. The van der Waals surface area contributed by atoms with E-state index in [1.54, 1.807) is 23.5 Å². The number of rotatable bonds is 2. The summed E-state index contributed by atoms with van der Waals surface area (Å²) in [5.41, 5.74) is 3.95. The van der Waals surface area contributed by atoms with Crippen LogP contribution in [-0.4, -0.2) is 76.0 Å². The Morgan fingerprint density at radius 3 is 1.29 bits per heavy atom. The van der Waals surface area contributed by atoms with Gasteiger partial charge in [-0.25, -0.2) is 0 Å². The summed E-state index contributed by atoms with van der Waals surface area (Å²) < 4.78 is 9.38. The molecular weight excluding hydrogens is 955 g/mol. The number of halogens is 6. The topological polar surface area (TPSA) is 135 Å². The van der Waals surface area contributed by atoms with Gasteiger partial charge in [0.05, 0.1) is 22.4 Å². The van der Waals surface area contributed by atoms with E-state index in [4.69, 9.17) is 0 Å². The standard InChI is InChI=1S/2C4H5Br2N3.2C4H6BrN3.4CH4.BHNS.B.H2/c1-9-3(2-5)4(6)7-8-9;1-9-7-3(2-5)4(6)8-9;1-3-4(5)6-7-8(3)2;1-3-4(5)7-8(2)6-3;;;;;1-2-3;;/h2*2H2,1H3;2*1-2H3;4*1H4;3H;;1H/i;;;;;;;;;;1+1. The third kappa shape index (κ3) is 20.6. The predicted octanol–water partition coefficient (Wildman–Crippen LogP) is 7.31.